The van der Waals surface area contributed by atoms with E-state index in [-0.39, 0.29) is 5.91 Å². The van der Waals surface area contributed by atoms with Crippen molar-refractivity contribution in [2.24, 2.45) is 0 Å². The van der Waals surface area contributed by atoms with Crippen LogP contribution < -0.4 is 5.32 Å². The van der Waals surface area contributed by atoms with Gasteiger partial charge in [-0.2, -0.15) is 0 Å². The van der Waals surface area contributed by atoms with E-state index in [1.165, 1.54) is 25.9 Å². The maximum absolute atomic E-state index is 11.7. The number of amides is 1. The predicted molar refractivity (Wildman–Crippen MR) is 70.0 cm³/mol. The van der Waals surface area contributed by atoms with Gasteiger partial charge in [-0.05, 0) is 51.0 Å². The van der Waals surface area contributed by atoms with Crippen molar-refractivity contribution >= 4 is 11.6 Å². The molecule has 1 saturated heterocycles. The van der Waals surface area contributed by atoms with E-state index < -0.39 is 0 Å². The smallest absolute Gasteiger partial charge is 0.224 e. The van der Waals surface area contributed by atoms with Gasteiger partial charge in [-0.15, -0.1) is 0 Å². The Morgan fingerprint density at radius 3 is 2.59 bits per heavy atom. The van der Waals surface area contributed by atoms with E-state index in [2.05, 4.69) is 10.2 Å². The van der Waals surface area contributed by atoms with Crippen LogP contribution in [0.25, 0.3) is 0 Å². The molecule has 0 atom stereocenters. The molecule has 92 valence electrons. The molecule has 1 aromatic carbocycles. The maximum atomic E-state index is 11.7. The standard InChI is InChI=1S/C14H20N2O/c17-14(15-13-7-2-1-3-8-13)9-6-12-16-10-4-5-11-16/h1-3,7-8H,4-6,9-12H2,(H,15,17). The predicted octanol–water partition coefficient (Wildman–Crippen LogP) is 2.50. The SMILES string of the molecule is O=C(CCCN1CCCC1)Nc1ccccc1. The summed E-state index contributed by atoms with van der Waals surface area (Å²) in [6.07, 6.45) is 4.20. The van der Waals surface area contributed by atoms with Crippen LogP contribution >= 0.6 is 0 Å². The maximum Gasteiger partial charge on any atom is 0.224 e. The first-order valence-corrected chi connectivity index (χ1v) is 6.42. The van der Waals surface area contributed by atoms with Crippen LogP contribution in [-0.2, 0) is 4.79 Å². The number of para-hydroxylation sites is 1. The number of nitrogens with zero attached hydrogens (tertiary/aromatic N) is 1. The van der Waals surface area contributed by atoms with E-state index in [0.29, 0.717) is 6.42 Å². The lowest BCUT2D eigenvalue weighted by Gasteiger charge is -2.13. The molecule has 2 rings (SSSR count). The summed E-state index contributed by atoms with van der Waals surface area (Å²) in [4.78, 5) is 14.1. The van der Waals surface area contributed by atoms with Crippen molar-refractivity contribution in [2.75, 3.05) is 25.0 Å². The second kappa shape index (κ2) is 6.40. The third-order valence-electron chi connectivity index (χ3n) is 3.13. The molecule has 1 aliphatic rings. The summed E-state index contributed by atoms with van der Waals surface area (Å²) >= 11 is 0. The van der Waals surface area contributed by atoms with Crippen LogP contribution in [0.5, 0.6) is 0 Å². The van der Waals surface area contributed by atoms with Crippen LogP contribution in [0.1, 0.15) is 25.7 Å². The van der Waals surface area contributed by atoms with Crippen molar-refractivity contribution in [2.45, 2.75) is 25.7 Å². The monoisotopic (exact) mass is 232 g/mol. The van der Waals surface area contributed by atoms with E-state index >= 15 is 0 Å². The fourth-order valence-corrected chi connectivity index (χ4v) is 2.21. The van der Waals surface area contributed by atoms with Crippen molar-refractivity contribution in [3.63, 3.8) is 0 Å². The average molecular weight is 232 g/mol. The molecule has 0 aliphatic carbocycles. The van der Waals surface area contributed by atoms with Crippen LogP contribution in [0.4, 0.5) is 5.69 Å². The van der Waals surface area contributed by atoms with Gasteiger partial charge in [0, 0.05) is 12.1 Å². The van der Waals surface area contributed by atoms with E-state index in [1.54, 1.807) is 0 Å². The summed E-state index contributed by atoms with van der Waals surface area (Å²) in [6.45, 7) is 3.48. The zero-order chi connectivity index (χ0) is 11.9. The number of carbonyl (C=O) groups excluding carboxylic acids is 1. The molecule has 1 N–H and O–H groups in total. The summed E-state index contributed by atoms with van der Waals surface area (Å²) in [6, 6.07) is 9.64. The minimum absolute atomic E-state index is 0.121. The zero-order valence-corrected chi connectivity index (χ0v) is 10.2. The molecule has 1 aliphatic heterocycles. The highest BCUT2D eigenvalue weighted by Gasteiger charge is 2.11. The lowest BCUT2D eigenvalue weighted by molar-refractivity contribution is -0.116. The number of likely N-dealkylation sites (tertiary alicyclic amines) is 1. The van der Waals surface area contributed by atoms with Gasteiger partial charge in [-0.3, -0.25) is 4.79 Å². The number of anilines is 1. The van der Waals surface area contributed by atoms with Gasteiger partial charge in [0.25, 0.3) is 0 Å². The summed E-state index contributed by atoms with van der Waals surface area (Å²) in [5, 5.41) is 2.91. The minimum atomic E-state index is 0.121. The van der Waals surface area contributed by atoms with Gasteiger partial charge in [0.2, 0.25) is 5.91 Å². The van der Waals surface area contributed by atoms with Gasteiger partial charge in [-0.25, -0.2) is 0 Å². The van der Waals surface area contributed by atoms with Gasteiger partial charge in [0.15, 0.2) is 0 Å². The second-order valence-corrected chi connectivity index (χ2v) is 4.57. The molecule has 1 aromatic rings. The summed E-state index contributed by atoms with van der Waals surface area (Å²) in [7, 11) is 0. The normalized spacial score (nSPS) is 16.0. The molecule has 0 spiro atoms. The Morgan fingerprint density at radius 2 is 1.88 bits per heavy atom. The molecule has 0 radical (unpaired) electrons. The molecule has 0 unspecified atom stereocenters. The second-order valence-electron chi connectivity index (χ2n) is 4.57. The zero-order valence-electron chi connectivity index (χ0n) is 10.2. The van der Waals surface area contributed by atoms with Crippen LogP contribution in [0.2, 0.25) is 0 Å². The Kier molecular flexibility index (Phi) is 4.56. The molecule has 1 amide bonds. The lowest BCUT2D eigenvalue weighted by atomic mass is 10.2. The van der Waals surface area contributed by atoms with E-state index in [0.717, 1.165) is 18.7 Å². The molecule has 0 aromatic heterocycles. The first-order valence-electron chi connectivity index (χ1n) is 6.42. The van der Waals surface area contributed by atoms with Crippen LogP contribution in [0.15, 0.2) is 30.3 Å². The number of rotatable bonds is 5. The van der Waals surface area contributed by atoms with Crippen LogP contribution in [-0.4, -0.2) is 30.4 Å². The van der Waals surface area contributed by atoms with Crippen molar-refractivity contribution in [1.82, 2.24) is 4.90 Å². The molecule has 0 saturated carbocycles. The van der Waals surface area contributed by atoms with Gasteiger partial charge in [0.1, 0.15) is 0 Å². The molecule has 0 bridgehead atoms. The molecular formula is C14H20N2O. The van der Waals surface area contributed by atoms with Gasteiger partial charge < -0.3 is 10.2 Å². The van der Waals surface area contributed by atoms with Gasteiger partial charge in [0.05, 0.1) is 0 Å². The average Bonchev–Trinajstić information content (AvgIpc) is 2.83. The molecule has 1 heterocycles. The van der Waals surface area contributed by atoms with E-state index in [9.17, 15) is 4.79 Å². The Morgan fingerprint density at radius 1 is 1.18 bits per heavy atom. The van der Waals surface area contributed by atoms with E-state index in [1.807, 2.05) is 30.3 Å². The largest absolute Gasteiger partial charge is 0.326 e. The van der Waals surface area contributed by atoms with Crippen molar-refractivity contribution < 1.29 is 4.79 Å². The molecular weight excluding hydrogens is 212 g/mol. The number of carbonyl (C=O) groups is 1. The molecule has 3 nitrogen and oxygen atoms in total. The summed E-state index contributed by atoms with van der Waals surface area (Å²) in [5.41, 5.74) is 0.888. The number of hydrogen-bond acceptors (Lipinski definition) is 2. The van der Waals surface area contributed by atoms with Gasteiger partial charge >= 0.3 is 0 Å². The Labute approximate surface area is 103 Å². The summed E-state index contributed by atoms with van der Waals surface area (Å²) < 4.78 is 0. The first kappa shape index (κ1) is 12.1. The Balaban J connectivity index is 1.64. The van der Waals surface area contributed by atoms with Crippen molar-refractivity contribution in [3.05, 3.63) is 30.3 Å². The van der Waals surface area contributed by atoms with Crippen molar-refractivity contribution in [1.29, 1.82) is 0 Å². The molecule has 3 heteroatoms. The fraction of sp³-hybridized carbons (Fsp3) is 0.500. The Hall–Kier alpha value is -1.35. The number of nitrogens with one attached hydrogen (secondary N) is 1. The quantitative estimate of drug-likeness (QED) is 0.846. The lowest BCUT2D eigenvalue weighted by Crippen LogP contribution is -2.22. The summed E-state index contributed by atoms with van der Waals surface area (Å²) in [5.74, 6) is 0.121. The van der Waals surface area contributed by atoms with Crippen LogP contribution in [0, 0.1) is 0 Å². The highest BCUT2D eigenvalue weighted by Crippen LogP contribution is 2.09. The number of hydrogen-bond donors (Lipinski definition) is 1. The highest BCUT2D eigenvalue weighted by molar-refractivity contribution is 5.90. The van der Waals surface area contributed by atoms with Gasteiger partial charge in [-0.1, -0.05) is 18.2 Å². The minimum Gasteiger partial charge on any atom is -0.326 e. The fourth-order valence-electron chi connectivity index (χ4n) is 2.21. The highest BCUT2D eigenvalue weighted by atomic mass is 16.1. The Bertz CT molecular complexity index is 344. The topological polar surface area (TPSA) is 32.3 Å². The third-order valence-corrected chi connectivity index (χ3v) is 3.13. The van der Waals surface area contributed by atoms with Crippen molar-refractivity contribution in [3.8, 4) is 0 Å². The third kappa shape index (κ3) is 4.19. The molecule has 17 heavy (non-hydrogen) atoms. The number of benzene rings is 1. The van der Waals surface area contributed by atoms with E-state index in [4.69, 9.17) is 0 Å². The molecule has 1 fully saturated rings. The van der Waals surface area contributed by atoms with Crippen LogP contribution in [0.3, 0.4) is 0 Å². The first-order chi connectivity index (χ1) is 8.34.